The first kappa shape index (κ1) is 22.9. The van der Waals surface area contributed by atoms with E-state index in [0.717, 1.165) is 28.8 Å². The van der Waals surface area contributed by atoms with Gasteiger partial charge in [-0.1, -0.05) is 42.5 Å². The highest BCUT2D eigenvalue weighted by Crippen LogP contribution is 2.44. The summed E-state index contributed by atoms with van der Waals surface area (Å²) in [5, 5.41) is 24.7. The summed E-state index contributed by atoms with van der Waals surface area (Å²) >= 11 is 0. The van der Waals surface area contributed by atoms with Crippen LogP contribution in [0.2, 0.25) is 0 Å². The van der Waals surface area contributed by atoms with Crippen LogP contribution in [0.4, 0.5) is 17.2 Å². The lowest BCUT2D eigenvalue weighted by atomic mass is 9.86. The lowest BCUT2D eigenvalue weighted by Gasteiger charge is -2.37. The molecule has 0 radical (unpaired) electrons. The van der Waals surface area contributed by atoms with Gasteiger partial charge in [-0.05, 0) is 42.7 Å². The maximum absolute atomic E-state index is 13.0. The molecule has 9 nitrogen and oxygen atoms in total. The predicted octanol–water partition coefficient (Wildman–Crippen LogP) is 4.65. The zero-order valence-electron chi connectivity index (χ0n) is 20.3. The van der Waals surface area contributed by atoms with Gasteiger partial charge in [-0.15, -0.1) is 10.2 Å². The molecule has 3 N–H and O–H groups in total. The number of carbonyl (C=O) groups is 1. The first-order valence-corrected chi connectivity index (χ1v) is 12.1. The molecule has 1 amide bonds. The molecular weight excluding hydrogens is 468 g/mol. The number of hydrogen-bond donors (Lipinski definition) is 3. The van der Waals surface area contributed by atoms with Gasteiger partial charge in [-0.2, -0.15) is 0 Å². The summed E-state index contributed by atoms with van der Waals surface area (Å²) in [7, 11) is 0. The summed E-state index contributed by atoms with van der Waals surface area (Å²) in [5.74, 6) is 0.976. The third-order valence-electron chi connectivity index (χ3n) is 7.12. The Hall–Kier alpha value is -4.50. The van der Waals surface area contributed by atoms with Gasteiger partial charge in [0.05, 0.1) is 29.4 Å². The Morgan fingerprint density at radius 2 is 2.00 bits per heavy atom. The molecule has 2 atom stereocenters. The fraction of sp³-hybridized carbons (Fsp3) is 0.214. The molecule has 4 aromatic rings. The normalized spacial score (nSPS) is 18.9. The molecule has 4 heterocycles. The van der Waals surface area contributed by atoms with Crippen molar-refractivity contribution in [3.63, 3.8) is 0 Å². The van der Waals surface area contributed by atoms with Crippen LogP contribution < -0.4 is 10.6 Å². The van der Waals surface area contributed by atoms with Gasteiger partial charge in [-0.25, -0.2) is 4.98 Å². The van der Waals surface area contributed by atoms with Crippen LogP contribution >= 0.6 is 0 Å². The summed E-state index contributed by atoms with van der Waals surface area (Å²) < 4.78 is 5.43. The van der Waals surface area contributed by atoms with E-state index in [1.165, 1.54) is 6.39 Å². The van der Waals surface area contributed by atoms with E-state index in [0.29, 0.717) is 29.5 Å². The number of hydrogen-bond acceptors (Lipinski definition) is 8. The molecule has 2 aromatic heterocycles. The van der Waals surface area contributed by atoms with E-state index in [9.17, 15) is 9.90 Å². The average Bonchev–Trinajstić information content (AvgIpc) is 3.54. The summed E-state index contributed by atoms with van der Waals surface area (Å²) in [6, 6.07) is 17.0. The van der Waals surface area contributed by atoms with E-state index < -0.39 is 0 Å². The van der Waals surface area contributed by atoms with E-state index >= 15 is 0 Å². The van der Waals surface area contributed by atoms with Crippen LogP contribution in [0.1, 0.15) is 40.9 Å². The number of fused-ring (bicyclic) bond motifs is 3. The smallest absolute Gasteiger partial charge is 0.255 e. The second kappa shape index (κ2) is 9.18. The van der Waals surface area contributed by atoms with Crippen molar-refractivity contribution >= 4 is 23.1 Å². The zero-order chi connectivity index (χ0) is 25.4. The Bertz CT molecular complexity index is 1470. The number of nitrogens with zero attached hydrogens (tertiary/aromatic N) is 4. The van der Waals surface area contributed by atoms with E-state index in [2.05, 4.69) is 38.8 Å². The van der Waals surface area contributed by atoms with Crippen molar-refractivity contribution in [2.75, 3.05) is 23.8 Å². The Kier molecular flexibility index (Phi) is 5.69. The highest BCUT2D eigenvalue weighted by molar-refractivity contribution is 6.01. The number of rotatable bonds is 7. The second-order valence-electron chi connectivity index (χ2n) is 9.40. The zero-order valence-corrected chi connectivity index (χ0v) is 20.3. The molecule has 0 aliphatic carbocycles. The lowest BCUT2D eigenvalue weighted by molar-refractivity contribution is 0.0608. The Morgan fingerprint density at radius 3 is 2.78 bits per heavy atom. The van der Waals surface area contributed by atoms with Crippen LogP contribution in [-0.2, 0) is 5.54 Å². The first-order valence-electron chi connectivity index (χ1n) is 12.1. The second-order valence-corrected chi connectivity index (χ2v) is 9.40. The number of aliphatic hydroxyl groups is 1. The minimum atomic E-state index is -0.356. The molecule has 37 heavy (non-hydrogen) atoms. The molecular formula is C28H26N6O3. The SMILES string of the molecule is CC12CC=CCN1C(=O)c1ccc(Nc3cc(N[C@H](CO)c4ccccc4)c(-c4nnco4)cn3)cc12. The number of benzene rings is 2. The van der Waals surface area contributed by atoms with E-state index in [1.54, 1.807) is 6.20 Å². The van der Waals surface area contributed by atoms with Crippen LogP contribution in [0, 0.1) is 0 Å². The first-order chi connectivity index (χ1) is 18.1. The van der Waals surface area contributed by atoms with Crippen molar-refractivity contribution in [2.45, 2.75) is 24.9 Å². The Labute approximate surface area is 213 Å². The highest BCUT2D eigenvalue weighted by Gasteiger charge is 2.46. The van der Waals surface area contributed by atoms with Crippen molar-refractivity contribution in [1.82, 2.24) is 20.1 Å². The van der Waals surface area contributed by atoms with Crippen molar-refractivity contribution in [3.05, 3.63) is 96.0 Å². The quantitative estimate of drug-likeness (QED) is 0.318. The van der Waals surface area contributed by atoms with Crippen LogP contribution in [0.25, 0.3) is 11.5 Å². The van der Waals surface area contributed by atoms with Crippen molar-refractivity contribution in [2.24, 2.45) is 0 Å². The predicted molar refractivity (Wildman–Crippen MR) is 139 cm³/mol. The molecule has 1 unspecified atom stereocenters. The van der Waals surface area contributed by atoms with Gasteiger partial charge in [0.1, 0.15) is 5.82 Å². The standard InChI is InChI=1S/C28H26N6O3/c1-28-11-5-6-12-34(28)27(36)20-10-9-19(13-22(20)28)31-25-14-23(21(15-29-25)26-33-30-17-37-26)32-24(16-35)18-7-3-2-4-8-18/h2-10,13-15,17,24,35H,11-12,16H2,1H3,(H2,29,31,32)/t24-,28?/m1/s1. The largest absolute Gasteiger partial charge is 0.423 e. The maximum Gasteiger partial charge on any atom is 0.255 e. The molecule has 0 bridgehead atoms. The molecule has 0 spiro atoms. The van der Waals surface area contributed by atoms with Crippen molar-refractivity contribution in [3.8, 4) is 11.5 Å². The fourth-order valence-corrected chi connectivity index (χ4v) is 5.13. The summed E-state index contributed by atoms with van der Waals surface area (Å²) in [6.07, 6.45) is 7.89. The molecule has 2 aliphatic heterocycles. The van der Waals surface area contributed by atoms with Gasteiger partial charge in [0.2, 0.25) is 6.39 Å². The number of anilines is 3. The van der Waals surface area contributed by atoms with Gasteiger partial charge >= 0.3 is 0 Å². The van der Waals surface area contributed by atoms with Crippen LogP contribution in [0.5, 0.6) is 0 Å². The minimum Gasteiger partial charge on any atom is -0.423 e. The number of amides is 1. The number of aliphatic hydroxyl groups excluding tert-OH is 1. The monoisotopic (exact) mass is 494 g/mol. The van der Waals surface area contributed by atoms with Gasteiger partial charge in [-0.3, -0.25) is 4.79 Å². The molecule has 9 heteroatoms. The summed E-state index contributed by atoms with van der Waals surface area (Å²) in [6.45, 7) is 2.62. The van der Waals surface area contributed by atoms with Gasteiger partial charge < -0.3 is 25.1 Å². The average molecular weight is 495 g/mol. The highest BCUT2D eigenvalue weighted by atomic mass is 16.4. The van der Waals surface area contributed by atoms with Gasteiger partial charge in [0.25, 0.3) is 11.8 Å². The lowest BCUT2D eigenvalue weighted by Crippen LogP contribution is -2.43. The third-order valence-corrected chi connectivity index (χ3v) is 7.12. The number of nitrogens with one attached hydrogen (secondary N) is 2. The van der Waals surface area contributed by atoms with Gasteiger partial charge in [0, 0.05) is 30.1 Å². The Morgan fingerprint density at radius 1 is 1.14 bits per heavy atom. The van der Waals surface area contributed by atoms with E-state index in [1.807, 2.05) is 65.6 Å². The minimum absolute atomic E-state index is 0.0675. The summed E-state index contributed by atoms with van der Waals surface area (Å²) in [5.41, 5.74) is 4.46. The maximum atomic E-state index is 13.0. The van der Waals surface area contributed by atoms with Crippen LogP contribution in [0.15, 0.2) is 83.8 Å². The molecule has 0 saturated carbocycles. The van der Waals surface area contributed by atoms with E-state index in [4.69, 9.17) is 4.42 Å². The Balaban J connectivity index is 1.33. The number of carbonyl (C=O) groups excluding carboxylic acids is 1. The molecule has 0 fully saturated rings. The summed E-state index contributed by atoms with van der Waals surface area (Å²) in [4.78, 5) is 19.5. The van der Waals surface area contributed by atoms with E-state index in [-0.39, 0.29) is 24.1 Å². The van der Waals surface area contributed by atoms with Crippen molar-refractivity contribution < 1.29 is 14.3 Å². The molecule has 6 rings (SSSR count). The van der Waals surface area contributed by atoms with Crippen LogP contribution in [-0.4, -0.2) is 44.2 Å². The number of pyridine rings is 1. The molecule has 186 valence electrons. The fourth-order valence-electron chi connectivity index (χ4n) is 5.13. The molecule has 2 aliphatic rings. The van der Waals surface area contributed by atoms with Crippen molar-refractivity contribution in [1.29, 1.82) is 0 Å². The third kappa shape index (κ3) is 4.03. The topological polar surface area (TPSA) is 116 Å². The van der Waals surface area contributed by atoms with Gasteiger partial charge in [0.15, 0.2) is 0 Å². The molecule has 0 saturated heterocycles. The number of aromatic nitrogens is 3. The van der Waals surface area contributed by atoms with Crippen LogP contribution in [0.3, 0.4) is 0 Å². The molecule has 2 aromatic carbocycles.